The zero-order chi connectivity index (χ0) is 19.5. The third-order valence-corrected chi connectivity index (χ3v) is 9.33. The second kappa shape index (κ2) is 5.07. The lowest BCUT2D eigenvalue weighted by atomic mass is 9.43. The molecule has 0 bridgehead atoms. The van der Waals surface area contributed by atoms with Gasteiger partial charge in [-0.25, -0.2) is 4.89 Å². The zero-order valence-electron chi connectivity index (χ0n) is 17.0. The lowest BCUT2D eigenvalue weighted by molar-refractivity contribution is -0.330. The summed E-state index contributed by atoms with van der Waals surface area (Å²) in [6.45, 7) is 8.23. The number of esters is 1. The molecule has 27 heavy (non-hydrogen) atoms. The van der Waals surface area contributed by atoms with Gasteiger partial charge in [0.05, 0.1) is 18.6 Å². The highest BCUT2D eigenvalue weighted by molar-refractivity contribution is 5.77. The van der Waals surface area contributed by atoms with Crippen molar-refractivity contribution < 1.29 is 29.1 Å². The summed E-state index contributed by atoms with van der Waals surface area (Å²) in [5, 5.41) is 9.48. The van der Waals surface area contributed by atoms with Crippen LogP contribution in [-0.4, -0.2) is 47.3 Å². The minimum atomic E-state index is -0.790. The molecular weight excluding hydrogens is 348 g/mol. The molecule has 0 aromatic rings. The van der Waals surface area contributed by atoms with Gasteiger partial charge in [0.25, 0.3) is 0 Å². The SMILES string of the molecule is COC(=O)[C@@]1(C)CCC[C@]2(C)[C@H]3C[C@@H]4O[C@]4(C(C)(C)OO)[C@@H]4O[C@]34CC[C@@H]21. The summed E-state index contributed by atoms with van der Waals surface area (Å²) in [7, 11) is 1.51. The van der Waals surface area contributed by atoms with Gasteiger partial charge in [0, 0.05) is 0 Å². The first-order valence-electron chi connectivity index (χ1n) is 10.4. The highest BCUT2D eigenvalue weighted by Gasteiger charge is 2.88. The number of ether oxygens (including phenoxy) is 3. The van der Waals surface area contributed by atoms with Crippen LogP contribution in [0.5, 0.6) is 0 Å². The maximum absolute atomic E-state index is 12.7. The molecular formula is C21H32O6. The van der Waals surface area contributed by atoms with Crippen molar-refractivity contribution in [1.29, 1.82) is 0 Å². The van der Waals surface area contributed by atoms with Gasteiger partial charge >= 0.3 is 5.97 Å². The number of carbonyl (C=O) groups excluding carboxylic acids is 1. The number of methoxy groups -OCH3 is 1. The first kappa shape index (κ1) is 18.3. The van der Waals surface area contributed by atoms with E-state index in [2.05, 4.69) is 13.8 Å². The van der Waals surface area contributed by atoms with Crippen LogP contribution in [0, 0.1) is 22.7 Å². The molecule has 5 rings (SSSR count). The Hall–Kier alpha value is -0.690. The number of hydrogen-bond donors (Lipinski definition) is 1. The predicted octanol–water partition coefficient (Wildman–Crippen LogP) is 3.33. The average molecular weight is 380 g/mol. The van der Waals surface area contributed by atoms with E-state index in [1.807, 2.05) is 13.8 Å². The summed E-state index contributed by atoms with van der Waals surface area (Å²) >= 11 is 0. The Bertz CT molecular complexity index is 692. The van der Waals surface area contributed by atoms with Gasteiger partial charge in [-0.2, -0.15) is 0 Å². The largest absolute Gasteiger partial charge is 0.469 e. The number of rotatable bonds is 3. The van der Waals surface area contributed by atoms with E-state index < -0.39 is 16.6 Å². The molecule has 1 spiro atoms. The van der Waals surface area contributed by atoms with Crippen LogP contribution in [0.4, 0.5) is 0 Å². The fourth-order valence-electron chi connectivity index (χ4n) is 7.90. The number of carbonyl (C=O) groups is 1. The zero-order valence-corrected chi connectivity index (χ0v) is 17.0. The monoisotopic (exact) mass is 380 g/mol. The molecule has 0 amide bonds. The van der Waals surface area contributed by atoms with Gasteiger partial charge in [-0.15, -0.1) is 0 Å². The van der Waals surface area contributed by atoms with Crippen LogP contribution in [0.3, 0.4) is 0 Å². The molecule has 152 valence electrons. The first-order valence-corrected chi connectivity index (χ1v) is 10.4. The molecule has 3 aliphatic carbocycles. The minimum Gasteiger partial charge on any atom is -0.469 e. The molecule has 2 aliphatic heterocycles. The number of hydrogen-bond acceptors (Lipinski definition) is 6. The van der Waals surface area contributed by atoms with Crippen LogP contribution in [0.2, 0.25) is 0 Å². The van der Waals surface area contributed by atoms with Crippen molar-refractivity contribution in [3.05, 3.63) is 0 Å². The Morgan fingerprint density at radius 2 is 1.89 bits per heavy atom. The van der Waals surface area contributed by atoms with E-state index in [-0.39, 0.29) is 29.2 Å². The Kier molecular flexibility index (Phi) is 3.45. The van der Waals surface area contributed by atoms with Crippen LogP contribution >= 0.6 is 0 Å². The minimum absolute atomic E-state index is 0.0278. The van der Waals surface area contributed by atoms with E-state index in [1.165, 1.54) is 7.11 Å². The van der Waals surface area contributed by atoms with Gasteiger partial charge in [-0.1, -0.05) is 13.3 Å². The summed E-state index contributed by atoms with van der Waals surface area (Å²) in [6.07, 6.45) is 5.90. The number of fused-ring (bicyclic) bond motifs is 4. The molecule has 6 nitrogen and oxygen atoms in total. The summed E-state index contributed by atoms with van der Waals surface area (Å²) in [5.74, 6) is 0.610. The third-order valence-electron chi connectivity index (χ3n) is 9.33. The smallest absolute Gasteiger partial charge is 0.311 e. The van der Waals surface area contributed by atoms with Crippen molar-refractivity contribution in [2.24, 2.45) is 22.7 Å². The maximum Gasteiger partial charge on any atom is 0.311 e. The third kappa shape index (κ3) is 1.89. The van der Waals surface area contributed by atoms with E-state index in [0.717, 1.165) is 38.5 Å². The van der Waals surface area contributed by atoms with Crippen LogP contribution in [0.1, 0.15) is 66.2 Å². The molecule has 1 N–H and O–H groups in total. The van der Waals surface area contributed by atoms with Gasteiger partial charge in [0.2, 0.25) is 0 Å². The Morgan fingerprint density at radius 3 is 2.56 bits per heavy atom. The molecule has 0 radical (unpaired) electrons. The van der Waals surface area contributed by atoms with Crippen LogP contribution in [0.25, 0.3) is 0 Å². The Labute approximate surface area is 160 Å². The molecule has 6 heteroatoms. The van der Waals surface area contributed by atoms with Crippen molar-refractivity contribution in [1.82, 2.24) is 0 Å². The van der Waals surface area contributed by atoms with Gasteiger partial charge in [-0.3, -0.25) is 10.1 Å². The average Bonchev–Trinajstić information content (AvgIpc) is 3.51. The molecule has 5 aliphatic rings. The van der Waals surface area contributed by atoms with E-state index in [1.54, 1.807) is 0 Å². The number of epoxide rings is 2. The van der Waals surface area contributed by atoms with Crippen LogP contribution in [0.15, 0.2) is 0 Å². The Morgan fingerprint density at radius 1 is 1.15 bits per heavy atom. The van der Waals surface area contributed by atoms with Crippen molar-refractivity contribution in [3.63, 3.8) is 0 Å². The normalized spacial score (nSPS) is 55.5. The van der Waals surface area contributed by atoms with Crippen LogP contribution < -0.4 is 0 Å². The van der Waals surface area contributed by atoms with Crippen LogP contribution in [-0.2, 0) is 23.9 Å². The molecule has 5 fully saturated rings. The van der Waals surface area contributed by atoms with Crippen molar-refractivity contribution in [3.8, 4) is 0 Å². The second-order valence-corrected chi connectivity index (χ2v) is 10.6. The molecule has 2 saturated heterocycles. The van der Waals surface area contributed by atoms with E-state index >= 15 is 0 Å². The molecule has 0 unspecified atom stereocenters. The summed E-state index contributed by atoms with van der Waals surface area (Å²) in [6, 6.07) is 0. The highest BCUT2D eigenvalue weighted by atomic mass is 17.1. The van der Waals surface area contributed by atoms with Gasteiger partial charge < -0.3 is 14.2 Å². The standard InChI is InChI=1S/C21H32O6/c1-17(2,27-23)21-14(25-21)11-13-18(3)8-6-9-19(4,16(22)24-5)12(18)7-10-20(13)15(21)26-20/h12-15,23H,6-11H2,1-5H3/t12-,13+,14-,15+,18-,19-,20+,21-/m0/s1. The summed E-state index contributed by atoms with van der Waals surface area (Å²) in [5.41, 5.74) is -1.90. The van der Waals surface area contributed by atoms with Gasteiger partial charge in [-0.05, 0) is 70.1 Å². The summed E-state index contributed by atoms with van der Waals surface area (Å²) in [4.78, 5) is 17.5. The topological polar surface area (TPSA) is 80.8 Å². The van der Waals surface area contributed by atoms with Gasteiger partial charge in [0.1, 0.15) is 17.3 Å². The second-order valence-electron chi connectivity index (χ2n) is 10.6. The molecule has 8 atom stereocenters. The van der Waals surface area contributed by atoms with E-state index in [9.17, 15) is 10.1 Å². The maximum atomic E-state index is 12.7. The fraction of sp³-hybridized carbons (Fsp3) is 0.952. The molecule has 3 saturated carbocycles. The van der Waals surface area contributed by atoms with Crippen molar-refractivity contribution in [2.45, 2.75) is 95.2 Å². The molecule has 0 aromatic carbocycles. The highest BCUT2D eigenvalue weighted by Crippen LogP contribution is 2.77. The van der Waals surface area contributed by atoms with Crippen molar-refractivity contribution in [2.75, 3.05) is 7.11 Å². The first-order chi connectivity index (χ1) is 12.6. The van der Waals surface area contributed by atoms with E-state index in [0.29, 0.717) is 11.8 Å². The molecule has 2 heterocycles. The predicted molar refractivity (Wildman–Crippen MR) is 95.9 cm³/mol. The summed E-state index contributed by atoms with van der Waals surface area (Å²) < 4.78 is 17.9. The lowest BCUT2D eigenvalue weighted by Gasteiger charge is -2.59. The fourth-order valence-corrected chi connectivity index (χ4v) is 7.90. The van der Waals surface area contributed by atoms with Crippen molar-refractivity contribution >= 4 is 5.97 Å². The van der Waals surface area contributed by atoms with Gasteiger partial charge in [0.15, 0.2) is 5.60 Å². The molecule has 0 aromatic heterocycles. The van der Waals surface area contributed by atoms with E-state index in [4.69, 9.17) is 19.1 Å². The Balaban J connectivity index is 1.50. The quantitative estimate of drug-likeness (QED) is 0.350. The lowest BCUT2D eigenvalue weighted by Crippen LogP contribution is -2.62.